The molecule has 0 aliphatic carbocycles. The lowest BCUT2D eigenvalue weighted by atomic mass is 10.3. The van der Waals surface area contributed by atoms with Crippen molar-refractivity contribution < 1.29 is 14.3 Å². The highest BCUT2D eigenvalue weighted by atomic mass is 19.1. The third-order valence-electron chi connectivity index (χ3n) is 2.78. The van der Waals surface area contributed by atoms with E-state index in [4.69, 9.17) is 5.11 Å². The SMILES string of the molecule is Cn1nc(C(=O)O)cc1-c1cn2ccc(F)cc2n1. The highest BCUT2D eigenvalue weighted by Crippen LogP contribution is 2.20. The summed E-state index contributed by atoms with van der Waals surface area (Å²) in [6.07, 6.45) is 3.24. The number of aromatic nitrogens is 4. The lowest BCUT2D eigenvalue weighted by molar-refractivity contribution is 0.0689. The topological polar surface area (TPSA) is 72.4 Å². The van der Waals surface area contributed by atoms with Gasteiger partial charge >= 0.3 is 5.97 Å². The quantitative estimate of drug-likeness (QED) is 0.759. The highest BCUT2D eigenvalue weighted by Gasteiger charge is 2.15. The number of halogens is 1. The van der Waals surface area contributed by atoms with Gasteiger partial charge in [0.1, 0.15) is 17.2 Å². The highest BCUT2D eigenvalue weighted by molar-refractivity contribution is 5.86. The van der Waals surface area contributed by atoms with Crippen molar-refractivity contribution in [2.45, 2.75) is 0 Å². The van der Waals surface area contributed by atoms with Gasteiger partial charge in [0.05, 0.1) is 5.69 Å². The minimum Gasteiger partial charge on any atom is -0.476 e. The number of hydrogen-bond donors (Lipinski definition) is 1. The Morgan fingerprint density at radius 2 is 2.21 bits per heavy atom. The summed E-state index contributed by atoms with van der Waals surface area (Å²) < 4.78 is 16.2. The van der Waals surface area contributed by atoms with Gasteiger partial charge in [0.25, 0.3) is 0 Å². The van der Waals surface area contributed by atoms with E-state index in [1.807, 2.05) is 0 Å². The molecule has 3 aromatic rings. The molecule has 0 radical (unpaired) electrons. The molecule has 0 spiro atoms. The van der Waals surface area contributed by atoms with Crippen LogP contribution in [0.2, 0.25) is 0 Å². The average Bonchev–Trinajstić information content (AvgIpc) is 2.91. The molecule has 3 heterocycles. The van der Waals surface area contributed by atoms with Crippen LogP contribution in [-0.4, -0.2) is 30.2 Å². The monoisotopic (exact) mass is 260 g/mol. The van der Waals surface area contributed by atoms with Gasteiger partial charge in [-0.25, -0.2) is 14.2 Å². The summed E-state index contributed by atoms with van der Waals surface area (Å²) in [5, 5.41) is 12.8. The maximum Gasteiger partial charge on any atom is 0.356 e. The molecule has 3 aromatic heterocycles. The molecule has 0 saturated carbocycles. The minimum atomic E-state index is -1.10. The average molecular weight is 260 g/mol. The van der Waals surface area contributed by atoms with Crippen LogP contribution >= 0.6 is 0 Å². The van der Waals surface area contributed by atoms with Crippen molar-refractivity contribution in [3.63, 3.8) is 0 Å². The van der Waals surface area contributed by atoms with E-state index in [0.29, 0.717) is 17.0 Å². The van der Waals surface area contributed by atoms with E-state index in [1.165, 1.54) is 22.9 Å². The molecular weight excluding hydrogens is 251 g/mol. The predicted molar refractivity (Wildman–Crippen MR) is 64.3 cm³/mol. The number of carboxylic acid groups (broad SMARTS) is 1. The molecule has 0 bridgehead atoms. The number of carboxylic acids is 1. The molecule has 0 aliphatic rings. The molecule has 0 unspecified atom stereocenters. The second kappa shape index (κ2) is 3.91. The molecule has 96 valence electrons. The van der Waals surface area contributed by atoms with Crippen molar-refractivity contribution in [3.8, 4) is 11.4 Å². The molecule has 0 atom stereocenters. The van der Waals surface area contributed by atoms with Crippen molar-refractivity contribution in [1.82, 2.24) is 19.2 Å². The second-order valence-corrected chi connectivity index (χ2v) is 4.08. The Bertz CT molecular complexity index is 790. The van der Waals surface area contributed by atoms with Crippen molar-refractivity contribution in [2.24, 2.45) is 7.05 Å². The van der Waals surface area contributed by atoms with E-state index >= 15 is 0 Å². The van der Waals surface area contributed by atoms with E-state index in [2.05, 4.69) is 10.1 Å². The summed E-state index contributed by atoms with van der Waals surface area (Å²) in [5.41, 5.74) is 1.49. The molecule has 0 saturated heterocycles. The molecule has 19 heavy (non-hydrogen) atoms. The van der Waals surface area contributed by atoms with Crippen LogP contribution in [0.15, 0.2) is 30.6 Å². The van der Waals surface area contributed by atoms with E-state index in [-0.39, 0.29) is 11.5 Å². The molecule has 6 nitrogen and oxygen atoms in total. The number of hydrogen-bond acceptors (Lipinski definition) is 3. The van der Waals surface area contributed by atoms with Crippen LogP contribution in [0.3, 0.4) is 0 Å². The summed E-state index contributed by atoms with van der Waals surface area (Å²) in [6, 6.07) is 4.06. The fourth-order valence-corrected chi connectivity index (χ4v) is 1.89. The third kappa shape index (κ3) is 1.85. The zero-order valence-corrected chi connectivity index (χ0v) is 9.91. The predicted octanol–water partition coefficient (Wildman–Crippen LogP) is 1.57. The van der Waals surface area contributed by atoms with Gasteiger partial charge < -0.3 is 9.51 Å². The van der Waals surface area contributed by atoms with Crippen LogP contribution in [0.5, 0.6) is 0 Å². The van der Waals surface area contributed by atoms with Gasteiger partial charge in [-0.15, -0.1) is 0 Å². The standard InChI is InChI=1S/C12H9FN4O2/c1-16-10(5-8(15-16)12(18)19)9-6-17-3-2-7(13)4-11(17)14-9/h2-6H,1H3,(H,18,19). The zero-order chi connectivity index (χ0) is 13.6. The van der Waals surface area contributed by atoms with Crippen molar-refractivity contribution >= 4 is 11.6 Å². The molecular formula is C12H9FN4O2. The first kappa shape index (κ1) is 11.4. The Balaban J connectivity index is 2.16. The van der Waals surface area contributed by atoms with Crippen molar-refractivity contribution in [3.05, 3.63) is 42.1 Å². The molecule has 0 fully saturated rings. The van der Waals surface area contributed by atoms with Crippen molar-refractivity contribution in [1.29, 1.82) is 0 Å². The number of imidazole rings is 1. The second-order valence-electron chi connectivity index (χ2n) is 4.08. The molecule has 0 amide bonds. The number of carbonyl (C=O) groups is 1. The first-order valence-electron chi connectivity index (χ1n) is 5.46. The summed E-state index contributed by atoms with van der Waals surface area (Å²) in [4.78, 5) is 15.1. The number of fused-ring (bicyclic) bond motifs is 1. The minimum absolute atomic E-state index is 0.0549. The Morgan fingerprint density at radius 3 is 2.89 bits per heavy atom. The summed E-state index contributed by atoms with van der Waals surface area (Å²) in [5.74, 6) is -1.47. The molecule has 0 aromatic carbocycles. The largest absolute Gasteiger partial charge is 0.476 e. The van der Waals surface area contributed by atoms with Crippen LogP contribution in [0, 0.1) is 5.82 Å². The Hall–Kier alpha value is -2.70. The Morgan fingerprint density at radius 1 is 1.42 bits per heavy atom. The van der Waals surface area contributed by atoms with Crippen LogP contribution in [-0.2, 0) is 7.05 Å². The lowest BCUT2D eigenvalue weighted by Crippen LogP contribution is -1.99. The van der Waals surface area contributed by atoms with E-state index < -0.39 is 5.97 Å². The van der Waals surface area contributed by atoms with Gasteiger partial charge in [-0.3, -0.25) is 4.68 Å². The molecule has 3 rings (SSSR count). The molecule has 7 heteroatoms. The van der Waals surface area contributed by atoms with Crippen molar-refractivity contribution in [2.75, 3.05) is 0 Å². The third-order valence-corrected chi connectivity index (χ3v) is 2.78. The number of aromatic carboxylic acids is 1. The number of aryl methyl sites for hydroxylation is 1. The van der Waals surface area contributed by atoms with Crippen LogP contribution < -0.4 is 0 Å². The van der Waals surface area contributed by atoms with Gasteiger partial charge in [0.2, 0.25) is 0 Å². The summed E-state index contributed by atoms with van der Waals surface area (Å²) in [6.45, 7) is 0. The number of nitrogens with zero attached hydrogens (tertiary/aromatic N) is 4. The fourth-order valence-electron chi connectivity index (χ4n) is 1.89. The van der Waals surface area contributed by atoms with Crippen LogP contribution in [0.25, 0.3) is 17.0 Å². The Labute approximate surface area is 106 Å². The normalized spacial score (nSPS) is 11.1. The van der Waals surface area contributed by atoms with E-state index in [9.17, 15) is 9.18 Å². The van der Waals surface area contributed by atoms with Gasteiger partial charge in [0.15, 0.2) is 5.69 Å². The first-order valence-corrected chi connectivity index (χ1v) is 5.46. The molecule has 0 aliphatic heterocycles. The fraction of sp³-hybridized carbons (Fsp3) is 0.0833. The Kier molecular flexibility index (Phi) is 2.34. The van der Waals surface area contributed by atoms with Gasteiger partial charge in [-0.2, -0.15) is 5.10 Å². The number of rotatable bonds is 2. The lowest BCUT2D eigenvalue weighted by Gasteiger charge is -1.94. The smallest absolute Gasteiger partial charge is 0.356 e. The number of pyridine rings is 1. The van der Waals surface area contributed by atoms with Gasteiger partial charge in [-0.05, 0) is 6.07 Å². The summed E-state index contributed by atoms with van der Waals surface area (Å²) in [7, 11) is 1.63. The van der Waals surface area contributed by atoms with E-state index in [0.717, 1.165) is 0 Å². The van der Waals surface area contributed by atoms with Crippen LogP contribution in [0.4, 0.5) is 4.39 Å². The van der Waals surface area contributed by atoms with Gasteiger partial charge in [-0.1, -0.05) is 0 Å². The molecule has 1 N–H and O–H groups in total. The maximum atomic E-state index is 13.1. The first-order chi connectivity index (χ1) is 9.04. The zero-order valence-electron chi connectivity index (χ0n) is 9.91. The van der Waals surface area contributed by atoms with E-state index in [1.54, 1.807) is 23.8 Å². The summed E-state index contributed by atoms with van der Waals surface area (Å²) >= 11 is 0. The maximum absolute atomic E-state index is 13.1. The van der Waals surface area contributed by atoms with Gasteiger partial charge in [0, 0.05) is 31.6 Å². The van der Waals surface area contributed by atoms with Crippen LogP contribution in [0.1, 0.15) is 10.5 Å².